The minimum absolute atomic E-state index is 0.255. The van der Waals surface area contributed by atoms with E-state index in [9.17, 15) is 14.3 Å². The molecule has 1 fully saturated rings. The number of unbranched alkanes of at least 4 members (excludes halogenated alkanes) is 1. The molecule has 0 heterocycles. The molecule has 0 radical (unpaired) electrons. The van der Waals surface area contributed by atoms with Crippen molar-refractivity contribution >= 4 is 13.3 Å². The highest BCUT2D eigenvalue weighted by Gasteiger charge is 2.35. The van der Waals surface area contributed by atoms with E-state index in [1.54, 1.807) is 0 Å². The maximum absolute atomic E-state index is 13.0. The Labute approximate surface area is 159 Å². The third kappa shape index (κ3) is 8.98. The minimum atomic E-state index is -3.46. The first-order valence-electron chi connectivity index (χ1n) is 10.3. The van der Waals surface area contributed by atoms with Gasteiger partial charge in [0.25, 0.3) is 0 Å². The standard InChI is InChI=1S/C19H40N3O3P/c1-15(2)11-13-26(24,25)18(14-16-8-4-3-5-9-16)22-19(23)17(21)10-6-7-12-20/h15-18H,3-14,20-21H2,1-2H3,(H,22,23)(H,24,25)/t17-,18?/m0/s1. The first kappa shape index (κ1) is 23.6. The van der Waals surface area contributed by atoms with Crippen molar-refractivity contribution in [1.29, 1.82) is 0 Å². The molecule has 154 valence electrons. The Morgan fingerprint density at radius 3 is 2.42 bits per heavy atom. The van der Waals surface area contributed by atoms with Crippen LogP contribution in [-0.4, -0.2) is 35.3 Å². The lowest BCUT2D eigenvalue weighted by Gasteiger charge is -2.31. The van der Waals surface area contributed by atoms with Crippen molar-refractivity contribution in [2.24, 2.45) is 23.3 Å². The van der Waals surface area contributed by atoms with Crippen molar-refractivity contribution in [3.8, 4) is 0 Å². The van der Waals surface area contributed by atoms with Gasteiger partial charge in [0.15, 0.2) is 0 Å². The summed E-state index contributed by atoms with van der Waals surface area (Å²) < 4.78 is 13.0. The number of rotatable bonds is 12. The van der Waals surface area contributed by atoms with Crippen LogP contribution in [0.15, 0.2) is 0 Å². The summed E-state index contributed by atoms with van der Waals surface area (Å²) in [6, 6.07) is -0.638. The van der Waals surface area contributed by atoms with E-state index in [0.29, 0.717) is 37.6 Å². The summed E-state index contributed by atoms with van der Waals surface area (Å²) in [6.07, 6.45) is 9.47. The smallest absolute Gasteiger partial charge is 0.237 e. The molecule has 6 nitrogen and oxygen atoms in total. The van der Waals surface area contributed by atoms with Crippen molar-refractivity contribution in [1.82, 2.24) is 5.32 Å². The minimum Gasteiger partial charge on any atom is -0.343 e. The molecule has 26 heavy (non-hydrogen) atoms. The van der Waals surface area contributed by atoms with Gasteiger partial charge in [0.1, 0.15) is 5.78 Å². The van der Waals surface area contributed by atoms with Crippen LogP contribution in [0.3, 0.4) is 0 Å². The predicted molar refractivity (Wildman–Crippen MR) is 108 cm³/mol. The van der Waals surface area contributed by atoms with E-state index < -0.39 is 19.2 Å². The van der Waals surface area contributed by atoms with Gasteiger partial charge in [-0.25, -0.2) is 0 Å². The highest BCUT2D eigenvalue weighted by Crippen LogP contribution is 2.49. The summed E-state index contributed by atoms with van der Waals surface area (Å²) in [5.41, 5.74) is 11.5. The van der Waals surface area contributed by atoms with E-state index in [2.05, 4.69) is 5.32 Å². The third-order valence-electron chi connectivity index (χ3n) is 5.41. The topological polar surface area (TPSA) is 118 Å². The molecule has 1 saturated carbocycles. The van der Waals surface area contributed by atoms with Gasteiger partial charge in [-0.1, -0.05) is 52.4 Å². The molecule has 1 aliphatic carbocycles. The zero-order valence-corrected chi connectivity index (χ0v) is 17.6. The average Bonchev–Trinajstić information content (AvgIpc) is 2.60. The Balaban J connectivity index is 2.71. The van der Waals surface area contributed by atoms with Crippen LogP contribution in [0.4, 0.5) is 0 Å². The van der Waals surface area contributed by atoms with Crippen LogP contribution in [0.1, 0.15) is 78.1 Å². The molecular formula is C19H40N3O3P. The first-order chi connectivity index (χ1) is 12.3. The molecule has 0 aliphatic heterocycles. The van der Waals surface area contributed by atoms with E-state index in [1.807, 2.05) is 13.8 Å². The Morgan fingerprint density at radius 2 is 1.85 bits per heavy atom. The number of carbonyl (C=O) groups is 1. The van der Waals surface area contributed by atoms with Gasteiger partial charge in [-0.3, -0.25) is 9.36 Å². The van der Waals surface area contributed by atoms with Crippen LogP contribution >= 0.6 is 7.37 Å². The lowest BCUT2D eigenvalue weighted by atomic mass is 9.87. The molecule has 2 unspecified atom stereocenters. The van der Waals surface area contributed by atoms with Crippen LogP contribution in [0.2, 0.25) is 0 Å². The monoisotopic (exact) mass is 389 g/mol. The Kier molecular flexibility index (Phi) is 11.0. The Morgan fingerprint density at radius 1 is 1.19 bits per heavy atom. The lowest BCUT2D eigenvalue weighted by molar-refractivity contribution is -0.122. The van der Waals surface area contributed by atoms with Gasteiger partial charge in [0, 0.05) is 6.16 Å². The zero-order valence-electron chi connectivity index (χ0n) is 16.7. The SMILES string of the molecule is CC(C)CCP(=O)(O)C(CC1CCCCC1)NC(=O)[C@@H](N)CCCCN. The van der Waals surface area contributed by atoms with Crippen molar-refractivity contribution in [3.63, 3.8) is 0 Å². The first-order valence-corrected chi connectivity index (χ1v) is 12.2. The summed E-state index contributed by atoms with van der Waals surface area (Å²) in [5.74, 6) is -0.193. The van der Waals surface area contributed by atoms with E-state index in [-0.39, 0.29) is 12.1 Å². The number of amides is 1. The molecular weight excluding hydrogens is 349 g/mol. The summed E-state index contributed by atoms with van der Waals surface area (Å²) in [4.78, 5) is 23.2. The second-order valence-corrected chi connectivity index (χ2v) is 10.9. The van der Waals surface area contributed by atoms with Crippen molar-refractivity contribution in [2.45, 2.75) is 89.9 Å². The second kappa shape index (κ2) is 12.1. The molecule has 7 heteroatoms. The van der Waals surface area contributed by atoms with Gasteiger partial charge in [0.2, 0.25) is 13.3 Å². The molecule has 0 spiro atoms. The van der Waals surface area contributed by atoms with Gasteiger partial charge >= 0.3 is 0 Å². The van der Waals surface area contributed by atoms with Crippen LogP contribution in [0.25, 0.3) is 0 Å². The predicted octanol–water partition coefficient (Wildman–Crippen LogP) is 3.17. The molecule has 0 bridgehead atoms. The van der Waals surface area contributed by atoms with Gasteiger partial charge in [-0.05, 0) is 44.1 Å². The number of nitrogens with one attached hydrogen (secondary N) is 1. The maximum Gasteiger partial charge on any atom is 0.237 e. The molecule has 0 aromatic heterocycles. The maximum atomic E-state index is 13.0. The lowest BCUT2D eigenvalue weighted by Crippen LogP contribution is -2.46. The molecule has 0 aromatic carbocycles. The van der Waals surface area contributed by atoms with Crippen LogP contribution in [0.5, 0.6) is 0 Å². The fourth-order valence-electron chi connectivity index (χ4n) is 3.57. The van der Waals surface area contributed by atoms with Gasteiger partial charge < -0.3 is 21.7 Å². The zero-order chi connectivity index (χ0) is 19.6. The normalized spacial score (nSPS) is 20.5. The Hall–Kier alpha value is -0.420. The third-order valence-corrected chi connectivity index (χ3v) is 7.62. The fraction of sp³-hybridized carbons (Fsp3) is 0.947. The summed E-state index contributed by atoms with van der Waals surface area (Å²) in [6.45, 7) is 4.67. The van der Waals surface area contributed by atoms with Gasteiger partial charge in [0.05, 0.1) is 6.04 Å². The number of nitrogens with two attached hydrogens (primary N) is 2. The van der Waals surface area contributed by atoms with E-state index in [1.165, 1.54) is 19.3 Å². The average molecular weight is 390 g/mol. The summed E-state index contributed by atoms with van der Waals surface area (Å²) in [5, 5.41) is 2.85. The highest BCUT2D eigenvalue weighted by molar-refractivity contribution is 7.58. The van der Waals surface area contributed by atoms with E-state index >= 15 is 0 Å². The van der Waals surface area contributed by atoms with Crippen molar-refractivity contribution in [2.75, 3.05) is 12.7 Å². The van der Waals surface area contributed by atoms with Gasteiger partial charge in [-0.2, -0.15) is 0 Å². The van der Waals surface area contributed by atoms with Gasteiger partial charge in [-0.15, -0.1) is 0 Å². The molecule has 6 N–H and O–H groups in total. The molecule has 1 aliphatic rings. The number of carbonyl (C=O) groups excluding carboxylic acids is 1. The largest absolute Gasteiger partial charge is 0.343 e. The highest BCUT2D eigenvalue weighted by atomic mass is 31.2. The number of hydrogen-bond donors (Lipinski definition) is 4. The quantitative estimate of drug-likeness (QED) is 0.302. The Bertz CT molecular complexity index is 453. The summed E-state index contributed by atoms with van der Waals surface area (Å²) >= 11 is 0. The molecule has 3 atom stereocenters. The number of hydrogen-bond acceptors (Lipinski definition) is 4. The fourth-order valence-corrected chi connectivity index (χ4v) is 5.73. The van der Waals surface area contributed by atoms with E-state index in [4.69, 9.17) is 11.5 Å². The van der Waals surface area contributed by atoms with Crippen molar-refractivity contribution < 1.29 is 14.3 Å². The molecule has 0 saturated heterocycles. The second-order valence-electron chi connectivity index (χ2n) is 8.32. The summed E-state index contributed by atoms with van der Waals surface area (Å²) in [7, 11) is -3.46. The molecule has 0 aromatic rings. The van der Waals surface area contributed by atoms with Crippen molar-refractivity contribution in [3.05, 3.63) is 0 Å². The van der Waals surface area contributed by atoms with Crippen LogP contribution < -0.4 is 16.8 Å². The molecule has 1 rings (SSSR count). The molecule has 1 amide bonds. The van der Waals surface area contributed by atoms with Crippen LogP contribution in [-0.2, 0) is 9.36 Å². The van der Waals surface area contributed by atoms with Crippen LogP contribution in [0, 0.1) is 11.8 Å². The van der Waals surface area contributed by atoms with E-state index in [0.717, 1.165) is 25.7 Å².